The summed E-state index contributed by atoms with van der Waals surface area (Å²) in [6.45, 7) is 1.34. The number of carboxylic acid groups (broad SMARTS) is 1. The van der Waals surface area contributed by atoms with Crippen LogP contribution < -0.4 is 5.32 Å². The van der Waals surface area contributed by atoms with Crippen LogP contribution in [-0.2, 0) is 9.59 Å². The molecule has 0 saturated heterocycles. The van der Waals surface area contributed by atoms with E-state index in [-0.39, 0.29) is 11.8 Å². The maximum atomic E-state index is 10.7. The van der Waals surface area contributed by atoms with Crippen LogP contribution in [0.25, 0.3) is 0 Å². The quantitative estimate of drug-likeness (QED) is 0.645. The van der Waals surface area contributed by atoms with E-state index in [0.29, 0.717) is 0 Å². The summed E-state index contributed by atoms with van der Waals surface area (Å²) in [5.41, 5.74) is 0. The van der Waals surface area contributed by atoms with Crippen LogP contribution in [0.5, 0.6) is 0 Å². The molecule has 1 saturated carbocycles. The average Bonchev–Trinajstić information content (AvgIpc) is 1.80. The van der Waals surface area contributed by atoms with E-state index in [1.54, 1.807) is 0 Å². The monoisotopic (exact) mass is 171 g/mol. The number of carbonyl (C=O) groups is 2. The first kappa shape index (κ1) is 9.03. The van der Waals surface area contributed by atoms with Crippen LogP contribution in [-0.4, -0.2) is 23.0 Å². The number of nitrogens with one attached hydrogen (secondary N) is 1. The number of hydrogen-bond acceptors (Lipinski definition) is 2. The number of amides is 1. The van der Waals surface area contributed by atoms with E-state index in [2.05, 4.69) is 5.32 Å². The van der Waals surface area contributed by atoms with E-state index in [4.69, 9.17) is 5.11 Å². The molecule has 0 aromatic carbocycles. The number of hydrogen-bond donors (Lipinski definition) is 2. The van der Waals surface area contributed by atoms with Gasteiger partial charge in [0, 0.05) is 6.92 Å². The van der Waals surface area contributed by atoms with Gasteiger partial charge in [-0.05, 0) is 18.8 Å². The van der Waals surface area contributed by atoms with Gasteiger partial charge in [-0.15, -0.1) is 0 Å². The summed E-state index contributed by atoms with van der Waals surface area (Å²) in [6, 6.07) is -0.670. The van der Waals surface area contributed by atoms with Crippen molar-refractivity contribution >= 4 is 11.9 Å². The minimum absolute atomic E-state index is 0.145. The second kappa shape index (κ2) is 3.56. The largest absolute Gasteiger partial charge is 0.480 e. The SMILES string of the molecule is CC(=O)NC(C(=O)O)C1CCC1. The lowest BCUT2D eigenvalue weighted by Gasteiger charge is -2.31. The van der Waals surface area contributed by atoms with E-state index in [1.165, 1.54) is 6.92 Å². The summed E-state index contributed by atoms with van der Waals surface area (Å²) in [7, 11) is 0. The van der Waals surface area contributed by atoms with Gasteiger partial charge in [0.25, 0.3) is 0 Å². The van der Waals surface area contributed by atoms with Crippen LogP contribution in [0.3, 0.4) is 0 Å². The molecule has 1 atom stereocenters. The first-order valence-corrected chi connectivity index (χ1v) is 4.11. The predicted molar refractivity (Wildman–Crippen MR) is 42.6 cm³/mol. The summed E-state index contributed by atoms with van der Waals surface area (Å²) in [5, 5.41) is 11.2. The van der Waals surface area contributed by atoms with Crippen molar-refractivity contribution < 1.29 is 14.7 Å². The number of carboxylic acids is 1. The molecule has 1 rings (SSSR count). The molecule has 1 amide bonds. The molecule has 0 heterocycles. The fraction of sp³-hybridized carbons (Fsp3) is 0.750. The molecule has 4 nitrogen and oxygen atoms in total. The molecule has 1 aliphatic rings. The Hall–Kier alpha value is -1.06. The van der Waals surface area contributed by atoms with Crippen molar-refractivity contribution in [3.05, 3.63) is 0 Å². The summed E-state index contributed by atoms with van der Waals surface area (Å²) < 4.78 is 0. The van der Waals surface area contributed by atoms with Crippen LogP contribution in [0, 0.1) is 5.92 Å². The maximum Gasteiger partial charge on any atom is 0.326 e. The molecule has 2 N–H and O–H groups in total. The molecular formula is C8H13NO3. The average molecular weight is 171 g/mol. The molecule has 0 aromatic heterocycles. The van der Waals surface area contributed by atoms with Gasteiger partial charge >= 0.3 is 5.97 Å². The highest BCUT2D eigenvalue weighted by molar-refractivity contribution is 5.82. The van der Waals surface area contributed by atoms with Crippen molar-refractivity contribution in [2.24, 2.45) is 5.92 Å². The molecule has 1 unspecified atom stereocenters. The van der Waals surface area contributed by atoms with Crippen LogP contribution >= 0.6 is 0 Å². The van der Waals surface area contributed by atoms with Gasteiger partial charge in [-0.2, -0.15) is 0 Å². The molecule has 12 heavy (non-hydrogen) atoms. The van der Waals surface area contributed by atoms with E-state index in [9.17, 15) is 9.59 Å². The Morgan fingerprint density at radius 3 is 2.33 bits per heavy atom. The summed E-state index contributed by atoms with van der Waals surface area (Å²) >= 11 is 0. The third-order valence-corrected chi connectivity index (χ3v) is 2.25. The lowest BCUT2D eigenvalue weighted by Crippen LogP contribution is -2.47. The van der Waals surface area contributed by atoms with Crippen LogP contribution in [0.15, 0.2) is 0 Å². The Labute approximate surface area is 71.0 Å². The Balaban J connectivity index is 2.48. The van der Waals surface area contributed by atoms with Gasteiger partial charge in [-0.3, -0.25) is 4.79 Å². The molecule has 68 valence electrons. The zero-order valence-corrected chi connectivity index (χ0v) is 7.04. The second-order valence-corrected chi connectivity index (χ2v) is 3.21. The van der Waals surface area contributed by atoms with Gasteiger partial charge in [0.2, 0.25) is 5.91 Å². The Morgan fingerprint density at radius 2 is 2.08 bits per heavy atom. The second-order valence-electron chi connectivity index (χ2n) is 3.21. The molecule has 0 aromatic rings. The third kappa shape index (κ3) is 1.96. The number of aliphatic carboxylic acids is 1. The Bertz CT molecular complexity index is 198. The Kier molecular flexibility index (Phi) is 2.68. The van der Waals surface area contributed by atoms with Gasteiger partial charge in [0.15, 0.2) is 0 Å². The molecule has 0 bridgehead atoms. The van der Waals surface area contributed by atoms with Crippen molar-refractivity contribution in [1.82, 2.24) is 5.32 Å². The molecule has 1 fully saturated rings. The molecule has 0 aliphatic heterocycles. The van der Waals surface area contributed by atoms with E-state index >= 15 is 0 Å². The first-order valence-electron chi connectivity index (χ1n) is 4.11. The normalized spacial score (nSPS) is 19.4. The van der Waals surface area contributed by atoms with Crippen LogP contribution in [0.2, 0.25) is 0 Å². The lowest BCUT2D eigenvalue weighted by atomic mass is 9.79. The minimum Gasteiger partial charge on any atom is -0.480 e. The first-order chi connectivity index (χ1) is 5.61. The molecule has 4 heteroatoms. The standard InChI is InChI=1S/C8H13NO3/c1-5(10)9-7(8(11)12)6-3-2-4-6/h6-7H,2-4H2,1H3,(H,9,10)(H,11,12). The van der Waals surface area contributed by atoms with Crippen LogP contribution in [0.1, 0.15) is 26.2 Å². The zero-order valence-electron chi connectivity index (χ0n) is 7.04. The van der Waals surface area contributed by atoms with Crippen molar-refractivity contribution in [1.29, 1.82) is 0 Å². The van der Waals surface area contributed by atoms with Crippen molar-refractivity contribution in [3.63, 3.8) is 0 Å². The van der Waals surface area contributed by atoms with Gasteiger partial charge < -0.3 is 10.4 Å². The fourth-order valence-corrected chi connectivity index (χ4v) is 1.37. The summed E-state index contributed by atoms with van der Waals surface area (Å²) in [6.07, 6.45) is 2.91. The van der Waals surface area contributed by atoms with Crippen molar-refractivity contribution in [3.8, 4) is 0 Å². The Morgan fingerprint density at radius 1 is 1.50 bits per heavy atom. The van der Waals surface area contributed by atoms with Gasteiger partial charge in [-0.25, -0.2) is 4.79 Å². The highest BCUT2D eigenvalue weighted by Crippen LogP contribution is 2.29. The van der Waals surface area contributed by atoms with Gasteiger partial charge in [-0.1, -0.05) is 6.42 Å². The molecular weight excluding hydrogens is 158 g/mol. The van der Waals surface area contributed by atoms with Crippen molar-refractivity contribution in [2.75, 3.05) is 0 Å². The van der Waals surface area contributed by atoms with Gasteiger partial charge in [0.1, 0.15) is 6.04 Å². The van der Waals surface area contributed by atoms with Gasteiger partial charge in [0.05, 0.1) is 0 Å². The summed E-state index contributed by atoms with van der Waals surface area (Å²) in [4.78, 5) is 21.3. The lowest BCUT2D eigenvalue weighted by molar-refractivity contribution is -0.144. The topological polar surface area (TPSA) is 66.4 Å². The molecule has 0 spiro atoms. The maximum absolute atomic E-state index is 10.7. The number of carbonyl (C=O) groups excluding carboxylic acids is 1. The molecule has 1 aliphatic carbocycles. The van der Waals surface area contributed by atoms with E-state index < -0.39 is 12.0 Å². The van der Waals surface area contributed by atoms with E-state index in [0.717, 1.165) is 19.3 Å². The highest BCUT2D eigenvalue weighted by atomic mass is 16.4. The zero-order chi connectivity index (χ0) is 9.14. The fourth-order valence-electron chi connectivity index (χ4n) is 1.37. The highest BCUT2D eigenvalue weighted by Gasteiger charge is 2.32. The minimum atomic E-state index is -0.921. The molecule has 0 radical (unpaired) electrons. The van der Waals surface area contributed by atoms with E-state index in [1.807, 2.05) is 0 Å². The predicted octanol–water partition coefficient (Wildman–Crippen LogP) is 0.376. The van der Waals surface area contributed by atoms with Crippen LogP contribution in [0.4, 0.5) is 0 Å². The smallest absolute Gasteiger partial charge is 0.326 e. The third-order valence-electron chi connectivity index (χ3n) is 2.25. The van der Waals surface area contributed by atoms with Crippen molar-refractivity contribution in [2.45, 2.75) is 32.2 Å². The summed E-state index contributed by atoms with van der Waals surface area (Å²) in [5.74, 6) is -1.05. The number of rotatable bonds is 3.